The first-order valence-corrected chi connectivity index (χ1v) is 12.0. The van der Waals surface area contributed by atoms with Crippen molar-refractivity contribution in [2.75, 3.05) is 18.5 Å². The van der Waals surface area contributed by atoms with Crippen molar-refractivity contribution < 1.29 is 19.1 Å². The SMILES string of the molecule is Cc1cc(C)c(NC(=O)CNC(=O)COC(=O)/C(C#N)=C/c2cc(C)n(CCC(C)C)c2C)c(C)c1. The molecule has 1 heterocycles. The van der Waals surface area contributed by atoms with Gasteiger partial charge in [0.2, 0.25) is 5.91 Å². The van der Waals surface area contributed by atoms with Crippen LogP contribution in [0.5, 0.6) is 0 Å². The number of hydrogen-bond acceptors (Lipinski definition) is 5. The molecule has 2 amide bonds. The summed E-state index contributed by atoms with van der Waals surface area (Å²) >= 11 is 0. The Balaban J connectivity index is 1.92. The number of amides is 2. The number of hydrogen-bond donors (Lipinski definition) is 2. The van der Waals surface area contributed by atoms with Gasteiger partial charge in [0.05, 0.1) is 6.54 Å². The summed E-state index contributed by atoms with van der Waals surface area (Å²) in [7, 11) is 0. The van der Waals surface area contributed by atoms with Gasteiger partial charge in [0.15, 0.2) is 6.61 Å². The van der Waals surface area contributed by atoms with E-state index in [4.69, 9.17) is 4.74 Å². The fraction of sp³-hybridized carbons (Fsp3) is 0.429. The van der Waals surface area contributed by atoms with Crippen molar-refractivity contribution in [2.24, 2.45) is 5.92 Å². The summed E-state index contributed by atoms with van der Waals surface area (Å²) < 4.78 is 7.16. The normalized spacial score (nSPS) is 11.2. The van der Waals surface area contributed by atoms with Crippen LogP contribution < -0.4 is 10.6 Å². The molecule has 0 bridgehead atoms. The van der Waals surface area contributed by atoms with Gasteiger partial charge >= 0.3 is 5.97 Å². The minimum atomic E-state index is -0.894. The van der Waals surface area contributed by atoms with Crippen LogP contribution in [0.2, 0.25) is 0 Å². The standard InChI is InChI=1S/C28H36N4O4/c1-17(2)8-9-32-21(6)12-23(22(32)7)13-24(14-29)28(35)36-16-26(34)30-15-25(33)31-27-19(4)10-18(3)11-20(27)5/h10-13,17H,8-9,15-16H2,1-7H3,(H,30,34)(H,31,33)/b24-13+. The number of anilines is 1. The van der Waals surface area contributed by atoms with E-state index in [1.165, 1.54) is 6.08 Å². The van der Waals surface area contributed by atoms with Crippen LogP contribution in [0.1, 0.15) is 53.9 Å². The van der Waals surface area contributed by atoms with E-state index in [0.29, 0.717) is 11.6 Å². The number of benzene rings is 1. The van der Waals surface area contributed by atoms with Crippen molar-refractivity contribution in [3.8, 4) is 6.07 Å². The Hall–Kier alpha value is -3.86. The molecular weight excluding hydrogens is 456 g/mol. The van der Waals surface area contributed by atoms with Crippen molar-refractivity contribution in [3.63, 3.8) is 0 Å². The van der Waals surface area contributed by atoms with Crippen LogP contribution in [0, 0.1) is 51.9 Å². The van der Waals surface area contributed by atoms with Gasteiger partial charge in [-0.05, 0) is 75.8 Å². The van der Waals surface area contributed by atoms with Crippen LogP contribution >= 0.6 is 0 Å². The lowest BCUT2D eigenvalue weighted by Gasteiger charge is -2.13. The number of ether oxygens (including phenoxy) is 1. The van der Waals surface area contributed by atoms with Gasteiger partial charge in [0, 0.05) is 23.6 Å². The average Bonchev–Trinajstić information content (AvgIpc) is 3.07. The molecule has 36 heavy (non-hydrogen) atoms. The zero-order valence-electron chi connectivity index (χ0n) is 22.2. The number of nitrogens with zero attached hydrogens (tertiary/aromatic N) is 2. The van der Waals surface area contributed by atoms with E-state index in [1.54, 1.807) is 0 Å². The molecule has 0 aliphatic heterocycles. The fourth-order valence-corrected chi connectivity index (χ4v) is 4.00. The second-order valence-corrected chi connectivity index (χ2v) is 9.51. The molecule has 0 saturated heterocycles. The minimum absolute atomic E-state index is 0.199. The fourth-order valence-electron chi connectivity index (χ4n) is 4.00. The van der Waals surface area contributed by atoms with Crippen molar-refractivity contribution in [2.45, 2.75) is 61.4 Å². The molecule has 2 N–H and O–H groups in total. The number of rotatable bonds is 10. The number of esters is 1. The maximum atomic E-state index is 12.4. The maximum absolute atomic E-state index is 12.4. The van der Waals surface area contributed by atoms with Crippen LogP contribution in [0.3, 0.4) is 0 Å². The molecule has 0 fully saturated rings. The molecule has 0 radical (unpaired) electrons. The predicted molar refractivity (Wildman–Crippen MR) is 140 cm³/mol. The Labute approximate surface area is 213 Å². The van der Waals surface area contributed by atoms with E-state index >= 15 is 0 Å². The summed E-state index contributed by atoms with van der Waals surface area (Å²) in [5, 5.41) is 14.7. The molecule has 2 aromatic rings. The molecule has 0 saturated carbocycles. The molecule has 8 heteroatoms. The van der Waals surface area contributed by atoms with E-state index in [-0.39, 0.29) is 12.1 Å². The third-order valence-corrected chi connectivity index (χ3v) is 5.90. The van der Waals surface area contributed by atoms with Crippen LogP contribution in [-0.2, 0) is 25.7 Å². The third kappa shape index (κ3) is 7.84. The van der Waals surface area contributed by atoms with Gasteiger partial charge in [-0.15, -0.1) is 0 Å². The van der Waals surface area contributed by atoms with Crippen molar-refractivity contribution in [3.05, 3.63) is 57.4 Å². The summed E-state index contributed by atoms with van der Waals surface area (Å²) in [6.07, 6.45) is 2.50. The molecule has 2 rings (SSSR count). The Morgan fingerprint density at radius 2 is 1.69 bits per heavy atom. The first-order valence-electron chi connectivity index (χ1n) is 12.0. The number of nitriles is 1. The van der Waals surface area contributed by atoms with Crippen molar-refractivity contribution >= 4 is 29.5 Å². The highest BCUT2D eigenvalue weighted by atomic mass is 16.5. The number of aromatic nitrogens is 1. The lowest BCUT2D eigenvalue weighted by atomic mass is 10.1. The van der Waals surface area contributed by atoms with Gasteiger partial charge in [-0.3, -0.25) is 9.59 Å². The largest absolute Gasteiger partial charge is 0.451 e. The van der Waals surface area contributed by atoms with E-state index in [0.717, 1.165) is 46.6 Å². The van der Waals surface area contributed by atoms with Crippen LogP contribution in [0.4, 0.5) is 5.69 Å². The summed E-state index contributed by atoms with van der Waals surface area (Å²) in [5.74, 6) is -1.37. The highest BCUT2D eigenvalue weighted by Gasteiger charge is 2.16. The van der Waals surface area contributed by atoms with E-state index in [9.17, 15) is 19.6 Å². The zero-order chi connectivity index (χ0) is 27.0. The Morgan fingerprint density at radius 3 is 2.28 bits per heavy atom. The highest BCUT2D eigenvalue weighted by molar-refractivity contribution is 5.99. The number of carbonyl (C=O) groups is 3. The molecule has 8 nitrogen and oxygen atoms in total. The van der Waals surface area contributed by atoms with Crippen molar-refractivity contribution in [1.82, 2.24) is 9.88 Å². The van der Waals surface area contributed by atoms with Gasteiger partial charge in [-0.25, -0.2) is 4.79 Å². The van der Waals surface area contributed by atoms with Gasteiger partial charge in [-0.1, -0.05) is 31.5 Å². The third-order valence-electron chi connectivity index (χ3n) is 5.90. The minimum Gasteiger partial charge on any atom is -0.451 e. The molecule has 0 spiro atoms. The molecule has 0 aliphatic carbocycles. The average molecular weight is 493 g/mol. The second-order valence-electron chi connectivity index (χ2n) is 9.51. The van der Waals surface area contributed by atoms with E-state index < -0.39 is 24.4 Å². The number of nitrogens with one attached hydrogen (secondary N) is 2. The monoisotopic (exact) mass is 492 g/mol. The Bertz CT molecular complexity index is 1190. The first-order chi connectivity index (χ1) is 16.9. The summed E-state index contributed by atoms with van der Waals surface area (Å²) in [5.41, 5.74) is 6.21. The topological polar surface area (TPSA) is 113 Å². The lowest BCUT2D eigenvalue weighted by molar-refractivity contribution is -0.144. The molecular formula is C28H36N4O4. The predicted octanol–water partition coefficient (Wildman–Crippen LogP) is 4.28. The first kappa shape index (κ1) is 28.4. The second kappa shape index (κ2) is 12.7. The van der Waals surface area contributed by atoms with Crippen LogP contribution in [0.15, 0.2) is 23.8 Å². The molecule has 0 unspecified atom stereocenters. The van der Waals surface area contributed by atoms with Gasteiger partial charge in [0.1, 0.15) is 11.6 Å². The van der Waals surface area contributed by atoms with Crippen LogP contribution in [0.25, 0.3) is 6.08 Å². The highest BCUT2D eigenvalue weighted by Crippen LogP contribution is 2.22. The molecule has 0 aliphatic rings. The number of carbonyl (C=O) groups excluding carboxylic acids is 3. The number of aryl methyl sites for hydroxylation is 4. The summed E-state index contributed by atoms with van der Waals surface area (Å²) in [4.78, 5) is 36.8. The van der Waals surface area contributed by atoms with Gasteiger partial charge < -0.3 is 19.9 Å². The molecule has 1 aromatic carbocycles. The quantitative estimate of drug-likeness (QED) is 0.292. The van der Waals surface area contributed by atoms with E-state index in [2.05, 4.69) is 29.0 Å². The summed E-state index contributed by atoms with van der Waals surface area (Å²) in [6.45, 7) is 14.0. The lowest BCUT2D eigenvalue weighted by Crippen LogP contribution is -2.35. The summed E-state index contributed by atoms with van der Waals surface area (Å²) in [6, 6.07) is 7.70. The van der Waals surface area contributed by atoms with Gasteiger partial charge in [-0.2, -0.15) is 5.26 Å². The Morgan fingerprint density at radius 1 is 1.06 bits per heavy atom. The maximum Gasteiger partial charge on any atom is 0.349 e. The Kier molecular flexibility index (Phi) is 10.0. The van der Waals surface area contributed by atoms with Crippen LogP contribution in [-0.4, -0.2) is 35.5 Å². The molecule has 0 atom stereocenters. The smallest absolute Gasteiger partial charge is 0.349 e. The van der Waals surface area contributed by atoms with Crippen molar-refractivity contribution in [1.29, 1.82) is 5.26 Å². The molecule has 1 aromatic heterocycles. The molecule has 192 valence electrons. The zero-order valence-corrected chi connectivity index (χ0v) is 22.2. The van der Waals surface area contributed by atoms with E-state index in [1.807, 2.05) is 58.9 Å². The van der Waals surface area contributed by atoms with Gasteiger partial charge in [0.25, 0.3) is 5.91 Å².